The second-order valence-electron chi connectivity index (χ2n) is 4.98. The molecular formula is C12H22N2O2. The van der Waals surface area contributed by atoms with Gasteiger partial charge in [-0.2, -0.15) is 0 Å². The zero-order valence-electron chi connectivity index (χ0n) is 9.90. The average Bonchev–Trinajstić information content (AvgIpc) is 2.71. The topological polar surface area (TPSA) is 43.8 Å². The second kappa shape index (κ2) is 5.64. The summed E-state index contributed by atoms with van der Waals surface area (Å²) in [5.41, 5.74) is 0. The van der Waals surface area contributed by atoms with E-state index in [9.17, 15) is 4.79 Å². The van der Waals surface area contributed by atoms with Crippen molar-refractivity contribution in [2.45, 2.75) is 38.1 Å². The van der Waals surface area contributed by atoms with Crippen LogP contribution in [-0.2, 0) is 4.79 Å². The Morgan fingerprint density at radius 1 is 1.25 bits per heavy atom. The summed E-state index contributed by atoms with van der Waals surface area (Å²) in [6.07, 6.45) is 4.88. The third-order valence-electron chi connectivity index (χ3n) is 3.79. The Morgan fingerprint density at radius 2 is 2.12 bits per heavy atom. The number of carboxylic acids is 1. The van der Waals surface area contributed by atoms with Crippen LogP contribution in [-0.4, -0.2) is 59.6 Å². The van der Waals surface area contributed by atoms with Crippen LogP contribution in [0.15, 0.2) is 0 Å². The van der Waals surface area contributed by atoms with Gasteiger partial charge in [0.15, 0.2) is 0 Å². The Bertz CT molecular complexity index is 245. The fourth-order valence-electron chi connectivity index (χ4n) is 2.87. The van der Waals surface area contributed by atoms with Gasteiger partial charge in [0, 0.05) is 32.1 Å². The average molecular weight is 226 g/mol. The van der Waals surface area contributed by atoms with Crippen molar-refractivity contribution in [3.8, 4) is 0 Å². The first-order valence-electron chi connectivity index (χ1n) is 6.44. The van der Waals surface area contributed by atoms with Crippen molar-refractivity contribution in [3.63, 3.8) is 0 Å². The molecule has 2 heterocycles. The lowest BCUT2D eigenvalue weighted by molar-refractivity contribution is -0.137. The van der Waals surface area contributed by atoms with Crippen LogP contribution >= 0.6 is 0 Å². The van der Waals surface area contributed by atoms with E-state index in [1.165, 1.54) is 39.0 Å². The van der Waals surface area contributed by atoms with Gasteiger partial charge in [0.1, 0.15) is 0 Å². The summed E-state index contributed by atoms with van der Waals surface area (Å²) in [6.45, 7) is 5.95. The first kappa shape index (κ1) is 11.9. The Kier molecular flexibility index (Phi) is 4.18. The fourth-order valence-corrected chi connectivity index (χ4v) is 2.87. The molecule has 16 heavy (non-hydrogen) atoms. The van der Waals surface area contributed by atoms with Crippen molar-refractivity contribution in [1.82, 2.24) is 9.80 Å². The number of nitrogens with zero attached hydrogens (tertiary/aromatic N) is 2. The summed E-state index contributed by atoms with van der Waals surface area (Å²) in [7, 11) is 0. The van der Waals surface area contributed by atoms with E-state index >= 15 is 0 Å². The maximum absolute atomic E-state index is 10.4. The van der Waals surface area contributed by atoms with Crippen LogP contribution < -0.4 is 0 Å². The number of unbranched alkanes of at least 4 members (excludes halogenated alkanes) is 1. The number of hydrogen-bond donors (Lipinski definition) is 1. The molecule has 2 fully saturated rings. The van der Waals surface area contributed by atoms with Gasteiger partial charge < -0.3 is 10.0 Å². The van der Waals surface area contributed by atoms with E-state index in [0.717, 1.165) is 25.4 Å². The fraction of sp³-hybridized carbons (Fsp3) is 0.917. The zero-order valence-corrected chi connectivity index (χ0v) is 9.90. The van der Waals surface area contributed by atoms with E-state index in [0.29, 0.717) is 6.42 Å². The molecule has 4 heteroatoms. The van der Waals surface area contributed by atoms with Gasteiger partial charge >= 0.3 is 5.97 Å². The van der Waals surface area contributed by atoms with Crippen LogP contribution in [0.25, 0.3) is 0 Å². The lowest BCUT2D eigenvalue weighted by Crippen LogP contribution is -2.50. The molecule has 0 aromatic rings. The maximum Gasteiger partial charge on any atom is 0.303 e. The molecule has 2 saturated heterocycles. The molecule has 4 nitrogen and oxygen atoms in total. The van der Waals surface area contributed by atoms with E-state index in [1.54, 1.807) is 0 Å². The van der Waals surface area contributed by atoms with Crippen molar-refractivity contribution in [2.75, 3.05) is 32.7 Å². The molecule has 2 aliphatic rings. The second-order valence-corrected chi connectivity index (χ2v) is 4.98. The predicted molar refractivity (Wildman–Crippen MR) is 62.5 cm³/mol. The molecule has 0 spiro atoms. The van der Waals surface area contributed by atoms with Crippen LogP contribution in [0.5, 0.6) is 0 Å². The molecule has 0 amide bonds. The van der Waals surface area contributed by atoms with Gasteiger partial charge in [0.05, 0.1) is 0 Å². The van der Waals surface area contributed by atoms with Gasteiger partial charge in [-0.3, -0.25) is 9.69 Å². The van der Waals surface area contributed by atoms with Crippen molar-refractivity contribution in [1.29, 1.82) is 0 Å². The summed E-state index contributed by atoms with van der Waals surface area (Å²) in [6, 6.07) is 0.785. The molecule has 0 aliphatic carbocycles. The van der Waals surface area contributed by atoms with Crippen LogP contribution in [0.2, 0.25) is 0 Å². The molecule has 0 aromatic heterocycles. The van der Waals surface area contributed by atoms with Crippen molar-refractivity contribution < 1.29 is 9.90 Å². The standard InChI is InChI=1S/C12H22N2O2/c15-12(16)5-1-2-6-13-8-9-14-7-3-4-11(14)10-13/h11H,1-10H2,(H,15,16). The molecular weight excluding hydrogens is 204 g/mol. The molecule has 0 aromatic carbocycles. The number of piperazine rings is 1. The molecule has 0 bridgehead atoms. The quantitative estimate of drug-likeness (QED) is 0.711. The highest BCUT2D eigenvalue weighted by atomic mass is 16.4. The Balaban J connectivity index is 1.62. The first-order valence-corrected chi connectivity index (χ1v) is 6.44. The monoisotopic (exact) mass is 226 g/mol. The van der Waals surface area contributed by atoms with Gasteiger partial charge in [-0.25, -0.2) is 0 Å². The van der Waals surface area contributed by atoms with Gasteiger partial charge in [-0.1, -0.05) is 0 Å². The van der Waals surface area contributed by atoms with Crippen LogP contribution in [0.3, 0.4) is 0 Å². The van der Waals surface area contributed by atoms with E-state index in [2.05, 4.69) is 9.80 Å². The summed E-state index contributed by atoms with van der Waals surface area (Å²) in [4.78, 5) is 15.5. The number of carbonyl (C=O) groups is 1. The highest BCUT2D eigenvalue weighted by molar-refractivity contribution is 5.66. The molecule has 1 N–H and O–H groups in total. The van der Waals surface area contributed by atoms with Crippen LogP contribution in [0, 0.1) is 0 Å². The highest BCUT2D eigenvalue weighted by Gasteiger charge is 2.29. The van der Waals surface area contributed by atoms with E-state index in [4.69, 9.17) is 5.11 Å². The normalized spacial score (nSPS) is 26.9. The van der Waals surface area contributed by atoms with Gasteiger partial charge in [-0.15, -0.1) is 0 Å². The first-order chi connectivity index (χ1) is 7.75. The molecule has 0 saturated carbocycles. The van der Waals surface area contributed by atoms with E-state index in [-0.39, 0.29) is 0 Å². The van der Waals surface area contributed by atoms with E-state index in [1.807, 2.05) is 0 Å². The van der Waals surface area contributed by atoms with Crippen LogP contribution in [0.4, 0.5) is 0 Å². The Labute approximate surface area is 97.2 Å². The van der Waals surface area contributed by atoms with Gasteiger partial charge in [0.2, 0.25) is 0 Å². The van der Waals surface area contributed by atoms with E-state index < -0.39 is 5.97 Å². The van der Waals surface area contributed by atoms with Crippen molar-refractivity contribution in [3.05, 3.63) is 0 Å². The summed E-state index contributed by atoms with van der Waals surface area (Å²) in [5.74, 6) is -0.666. The number of carboxylic acid groups (broad SMARTS) is 1. The van der Waals surface area contributed by atoms with Crippen molar-refractivity contribution in [2.24, 2.45) is 0 Å². The summed E-state index contributed by atoms with van der Waals surface area (Å²) in [5, 5.41) is 8.55. The predicted octanol–water partition coefficient (Wildman–Crippen LogP) is 1.02. The molecule has 2 rings (SSSR count). The third-order valence-corrected chi connectivity index (χ3v) is 3.79. The smallest absolute Gasteiger partial charge is 0.303 e. The molecule has 2 aliphatic heterocycles. The number of aliphatic carboxylic acids is 1. The summed E-state index contributed by atoms with van der Waals surface area (Å²) < 4.78 is 0. The molecule has 92 valence electrons. The molecule has 1 unspecified atom stereocenters. The van der Waals surface area contributed by atoms with Crippen molar-refractivity contribution >= 4 is 5.97 Å². The number of rotatable bonds is 5. The molecule has 0 radical (unpaired) electrons. The largest absolute Gasteiger partial charge is 0.481 e. The number of hydrogen-bond acceptors (Lipinski definition) is 3. The Morgan fingerprint density at radius 3 is 2.94 bits per heavy atom. The maximum atomic E-state index is 10.4. The Hall–Kier alpha value is -0.610. The minimum atomic E-state index is -0.666. The lowest BCUT2D eigenvalue weighted by Gasteiger charge is -2.37. The third kappa shape index (κ3) is 3.19. The van der Waals surface area contributed by atoms with Crippen LogP contribution in [0.1, 0.15) is 32.1 Å². The molecule has 1 atom stereocenters. The minimum absolute atomic E-state index is 0.323. The highest BCUT2D eigenvalue weighted by Crippen LogP contribution is 2.21. The SMILES string of the molecule is O=C(O)CCCCN1CCN2CCCC2C1. The van der Waals surface area contributed by atoms with Gasteiger partial charge in [0.25, 0.3) is 0 Å². The zero-order chi connectivity index (χ0) is 11.4. The number of fused-ring (bicyclic) bond motifs is 1. The lowest BCUT2D eigenvalue weighted by atomic mass is 10.1. The minimum Gasteiger partial charge on any atom is -0.481 e. The van der Waals surface area contributed by atoms with Gasteiger partial charge in [-0.05, 0) is 38.8 Å². The summed E-state index contributed by atoms with van der Waals surface area (Å²) >= 11 is 0.